The van der Waals surface area contributed by atoms with E-state index in [0.717, 1.165) is 25.2 Å². The van der Waals surface area contributed by atoms with E-state index < -0.39 is 6.10 Å². The topological polar surface area (TPSA) is 23.5 Å². The Morgan fingerprint density at radius 3 is 2.03 bits per heavy atom. The van der Waals surface area contributed by atoms with Crippen LogP contribution in [-0.2, 0) is 12.8 Å². The van der Waals surface area contributed by atoms with Crippen molar-refractivity contribution < 1.29 is 5.11 Å². The lowest BCUT2D eigenvalue weighted by Gasteiger charge is -2.27. The second kappa shape index (κ2) is 14.0. The molecular weight excluding hydrogens is 390 g/mol. The molecule has 2 aromatic rings. The second-order valence-corrected chi connectivity index (χ2v) is 10.0. The van der Waals surface area contributed by atoms with Crippen LogP contribution < -0.4 is 0 Å². The van der Waals surface area contributed by atoms with Gasteiger partial charge in [-0.1, -0.05) is 95.5 Å². The Labute approximate surface area is 197 Å². The Balaban J connectivity index is 1.69. The number of hydrogen-bond acceptors (Lipinski definition) is 2. The Morgan fingerprint density at radius 2 is 1.38 bits per heavy atom. The largest absolute Gasteiger partial charge is 0.387 e. The monoisotopic (exact) mass is 437 g/mol. The molecule has 0 fully saturated rings. The predicted octanol–water partition coefficient (Wildman–Crippen LogP) is 7.99. The number of hydrogen-bond donors (Lipinski definition) is 1. The summed E-state index contributed by atoms with van der Waals surface area (Å²) in [4.78, 5) is 2.55. The minimum absolute atomic E-state index is 0.404. The molecule has 0 bridgehead atoms. The molecule has 2 nitrogen and oxygen atoms in total. The molecule has 0 heterocycles. The molecule has 0 aromatic heterocycles. The van der Waals surface area contributed by atoms with Gasteiger partial charge in [-0.2, -0.15) is 0 Å². The van der Waals surface area contributed by atoms with Crippen LogP contribution in [0.15, 0.2) is 30.3 Å². The van der Waals surface area contributed by atoms with Crippen LogP contribution in [0.3, 0.4) is 0 Å². The summed E-state index contributed by atoms with van der Waals surface area (Å²) in [6.45, 7) is 7.57. The summed E-state index contributed by atoms with van der Waals surface area (Å²) in [6.07, 6.45) is 17.7. The number of aliphatic hydroxyl groups excluding tert-OH is 1. The van der Waals surface area contributed by atoms with Gasteiger partial charge in [-0.05, 0) is 79.1 Å². The molecule has 0 saturated carbocycles. The molecule has 0 unspecified atom stereocenters. The highest BCUT2D eigenvalue weighted by atomic mass is 16.3. The van der Waals surface area contributed by atoms with E-state index >= 15 is 0 Å². The van der Waals surface area contributed by atoms with Gasteiger partial charge < -0.3 is 10.0 Å². The van der Waals surface area contributed by atoms with Crippen molar-refractivity contribution in [1.29, 1.82) is 0 Å². The van der Waals surface area contributed by atoms with Gasteiger partial charge in [0.1, 0.15) is 0 Å². The van der Waals surface area contributed by atoms with Crippen LogP contribution in [0.5, 0.6) is 0 Å². The lowest BCUT2D eigenvalue weighted by atomic mass is 9.84. The van der Waals surface area contributed by atoms with E-state index in [-0.39, 0.29) is 0 Å². The number of rotatable bonds is 15. The first-order chi connectivity index (χ1) is 15.7. The van der Waals surface area contributed by atoms with Gasteiger partial charge in [-0.25, -0.2) is 0 Å². The third kappa shape index (κ3) is 7.32. The summed E-state index contributed by atoms with van der Waals surface area (Å²) in [6, 6.07) is 11.1. The first-order valence-electron chi connectivity index (χ1n) is 13.7. The van der Waals surface area contributed by atoms with E-state index in [1.165, 1.54) is 112 Å². The predicted molar refractivity (Wildman–Crippen MR) is 140 cm³/mol. The van der Waals surface area contributed by atoms with Crippen molar-refractivity contribution in [1.82, 2.24) is 4.90 Å². The van der Waals surface area contributed by atoms with Crippen LogP contribution in [-0.4, -0.2) is 29.6 Å². The average Bonchev–Trinajstić information content (AvgIpc) is 2.83. The molecule has 178 valence electrons. The number of unbranched alkanes of at least 4 members (excludes halogenated alkanes) is 8. The highest BCUT2D eigenvalue weighted by molar-refractivity contribution is 5.90. The first kappa shape index (κ1) is 25.2. The molecule has 0 aliphatic heterocycles. The van der Waals surface area contributed by atoms with Gasteiger partial charge in [0.2, 0.25) is 0 Å². The molecule has 1 aliphatic carbocycles. The maximum absolute atomic E-state index is 11.4. The summed E-state index contributed by atoms with van der Waals surface area (Å²) in [7, 11) is 0. The quantitative estimate of drug-likeness (QED) is 0.285. The van der Waals surface area contributed by atoms with Gasteiger partial charge in [0.15, 0.2) is 0 Å². The van der Waals surface area contributed by atoms with Gasteiger partial charge in [0.25, 0.3) is 0 Å². The molecule has 3 rings (SSSR count). The fraction of sp³-hybridized carbons (Fsp3) is 0.667. The Morgan fingerprint density at radius 1 is 0.781 bits per heavy atom. The standard InChI is InChI=1S/C30H47NO/c1-3-5-7-9-15-21-31(22-16-10-8-6-4-2)24-30(32)29-23-25-17-11-12-18-26(25)27-19-13-14-20-28(27)29/h13-14,19-20,23,30,32H,3-12,15-18,21-22,24H2,1-2H3/t30-/m0/s1. The Kier molecular flexibility index (Phi) is 11.1. The number of aliphatic hydroxyl groups is 1. The van der Waals surface area contributed by atoms with E-state index in [2.05, 4.69) is 49.1 Å². The van der Waals surface area contributed by atoms with Gasteiger partial charge in [-0.15, -0.1) is 0 Å². The zero-order chi connectivity index (χ0) is 22.6. The number of fused-ring (bicyclic) bond motifs is 3. The second-order valence-electron chi connectivity index (χ2n) is 10.0. The molecule has 0 radical (unpaired) electrons. The summed E-state index contributed by atoms with van der Waals surface area (Å²) in [5.41, 5.74) is 4.17. The highest BCUT2D eigenvalue weighted by Crippen LogP contribution is 2.34. The van der Waals surface area contributed by atoms with Crippen molar-refractivity contribution in [3.63, 3.8) is 0 Å². The molecule has 2 aromatic carbocycles. The SMILES string of the molecule is CCCCCCCN(CCCCCCC)C[C@H](O)c1cc2c(c3ccccc13)CCCC2. The van der Waals surface area contributed by atoms with Gasteiger partial charge in [0.05, 0.1) is 6.10 Å². The fourth-order valence-corrected chi connectivity index (χ4v) is 5.45. The van der Waals surface area contributed by atoms with Crippen LogP contribution in [0, 0.1) is 0 Å². The molecule has 0 amide bonds. The number of benzene rings is 2. The summed E-state index contributed by atoms with van der Waals surface area (Å²) in [5, 5.41) is 14.1. The smallest absolute Gasteiger partial charge is 0.0923 e. The average molecular weight is 438 g/mol. The van der Waals surface area contributed by atoms with E-state index in [0.29, 0.717) is 0 Å². The van der Waals surface area contributed by atoms with Crippen molar-refractivity contribution >= 4 is 10.8 Å². The van der Waals surface area contributed by atoms with E-state index in [4.69, 9.17) is 0 Å². The van der Waals surface area contributed by atoms with Gasteiger partial charge >= 0.3 is 0 Å². The van der Waals surface area contributed by atoms with Crippen molar-refractivity contribution in [2.24, 2.45) is 0 Å². The minimum Gasteiger partial charge on any atom is -0.387 e. The molecular formula is C30H47NO. The van der Waals surface area contributed by atoms with Crippen LogP contribution in [0.4, 0.5) is 0 Å². The zero-order valence-electron chi connectivity index (χ0n) is 20.9. The van der Waals surface area contributed by atoms with Crippen LogP contribution in [0.25, 0.3) is 10.8 Å². The normalized spacial score (nSPS) is 14.8. The molecule has 2 heteroatoms. The number of aryl methyl sites for hydroxylation is 2. The third-order valence-electron chi connectivity index (χ3n) is 7.35. The van der Waals surface area contributed by atoms with Crippen LogP contribution in [0.1, 0.15) is 114 Å². The van der Waals surface area contributed by atoms with Crippen LogP contribution in [0.2, 0.25) is 0 Å². The lowest BCUT2D eigenvalue weighted by Crippen LogP contribution is -2.31. The number of nitrogens with zero attached hydrogens (tertiary/aromatic N) is 1. The third-order valence-corrected chi connectivity index (χ3v) is 7.35. The molecule has 32 heavy (non-hydrogen) atoms. The maximum atomic E-state index is 11.4. The fourth-order valence-electron chi connectivity index (χ4n) is 5.45. The molecule has 1 atom stereocenters. The molecule has 0 saturated heterocycles. The molecule has 1 aliphatic rings. The van der Waals surface area contributed by atoms with Crippen molar-refractivity contribution in [2.75, 3.05) is 19.6 Å². The van der Waals surface area contributed by atoms with E-state index in [9.17, 15) is 5.11 Å². The maximum Gasteiger partial charge on any atom is 0.0923 e. The summed E-state index contributed by atoms with van der Waals surface area (Å²) >= 11 is 0. The summed E-state index contributed by atoms with van der Waals surface area (Å²) < 4.78 is 0. The van der Waals surface area contributed by atoms with Crippen molar-refractivity contribution in [3.05, 3.63) is 47.0 Å². The van der Waals surface area contributed by atoms with Crippen molar-refractivity contribution in [2.45, 2.75) is 110 Å². The first-order valence-corrected chi connectivity index (χ1v) is 13.7. The van der Waals surface area contributed by atoms with Crippen LogP contribution >= 0.6 is 0 Å². The molecule has 1 N–H and O–H groups in total. The van der Waals surface area contributed by atoms with Gasteiger partial charge in [0, 0.05) is 6.54 Å². The van der Waals surface area contributed by atoms with Gasteiger partial charge in [-0.3, -0.25) is 0 Å². The zero-order valence-corrected chi connectivity index (χ0v) is 20.9. The molecule has 0 spiro atoms. The minimum atomic E-state index is -0.404. The van der Waals surface area contributed by atoms with E-state index in [1.54, 1.807) is 0 Å². The summed E-state index contributed by atoms with van der Waals surface area (Å²) in [5.74, 6) is 0. The Hall–Kier alpha value is -1.38. The van der Waals surface area contributed by atoms with Crippen molar-refractivity contribution in [3.8, 4) is 0 Å². The highest BCUT2D eigenvalue weighted by Gasteiger charge is 2.20. The lowest BCUT2D eigenvalue weighted by molar-refractivity contribution is 0.111. The van der Waals surface area contributed by atoms with E-state index in [1.807, 2.05) is 0 Å². The Bertz CT molecular complexity index is 785.